The summed E-state index contributed by atoms with van der Waals surface area (Å²) < 4.78 is 1.96. The van der Waals surface area contributed by atoms with E-state index in [1.165, 1.54) is 25.7 Å². The molecule has 0 amide bonds. The van der Waals surface area contributed by atoms with E-state index >= 15 is 0 Å². The largest absolute Gasteiger partial charge is 0.351 e. The second-order valence-corrected chi connectivity index (χ2v) is 10.5. The fraction of sp³-hybridized carbons (Fsp3) is 0.583. The number of hydrogen-bond acceptors (Lipinski definition) is 7. The lowest BCUT2D eigenvalue weighted by Crippen LogP contribution is -2.36. The average molecular weight is 453 g/mol. The number of thiazole rings is 1. The van der Waals surface area contributed by atoms with Gasteiger partial charge in [0.1, 0.15) is 5.65 Å². The molecular weight excluding hydrogens is 420 g/mol. The number of nitrogens with zero attached hydrogens (tertiary/aromatic N) is 5. The quantitative estimate of drug-likeness (QED) is 0.603. The minimum atomic E-state index is 0.0794. The van der Waals surface area contributed by atoms with Gasteiger partial charge in [-0.1, -0.05) is 12.8 Å². The number of anilines is 1. The van der Waals surface area contributed by atoms with Gasteiger partial charge in [0.2, 0.25) is 5.95 Å². The first kappa shape index (κ1) is 21.5. The maximum absolute atomic E-state index is 13.6. The fourth-order valence-electron chi connectivity index (χ4n) is 5.30. The molecule has 1 N–H and O–H groups in total. The lowest BCUT2D eigenvalue weighted by atomic mass is 9.91. The topological polar surface area (TPSA) is 75.9 Å². The fourth-order valence-corrected chi connectivity index (χ4v) is 5.94. The van der Waals surface area contributed by atoms with Gasteiger partial charge in [-0.3, -0.25) is 9.36 Å². The van der Waals surface area contributed by atoms with Crippen molar-refractivity contribution >= 4 is 28.3 Å². The van der Waals surface area contributed by atoms with Crippen LogP contribution in [0.1, 0.15) is 68.0 Å². The highest BCUT2D eigenvalue weighted by Gasteiger charge is 2.25. The summed E-state index contributed by atoms with van der Waals surface area (Å²) in [6, 6.07) is 3.24. The summed E-state index contributed by atoms with van der Waals surface area (Å²) >= 11 is 1.59. The molecule has 2 aliphatic carbocycles. The first-order valence-electron chi connectivity index (χ1n) is 11.8. The van der Waals surface area contributed by atoms with Crippen LogP contribution in [0.15, 0.2) is 28.6 Å². The molecule has 32 heavy (non-hydrogen) atoms. The van der Waals surface area contributed by atoms with Gasteiger partial charge in [0.25, 0.3) is 5.56 Å². The van der Waals surface area contributed by atoms with Gasteiger partial charge < -0.3 is 10.2 Å². The van der Waals surface area contributed by atoms with E-state index in [1.807, 2.05) is 22.2 Å². The Morgan fingerprint density at radius 2 is 1.91 bits per heavy atom. The predicted octanol–water partition coefficient (Wildman–Crippen LogP) is 4.24. The van der Waals surface area contributed by atoms with E-state index in [-0.39, 0.29) is 11.6 Å². The second-order valence-electron chi connectivity index (χ2n) is 9.47. The van der Waals surface area contributed by atoms with Crippen molar-refractivity contribution in [3.05, 3.63) is 44.8 Å². The highest BCUT2D eigenvalue weighted by atomic mass is 32.1. The van der Waals surface area contributed by atoms with Crippen LogP contribution in [0.5, 0.6) is 0 Å². The van der Waals surface area contributed by atoms with Crippen LogP contribution in [0.25, 0.3) is 11.0 Å². The van der Waals surface area contributed by atoms with Crippen LogP contribution in [0.3, 0.4) is 0 Å². The van der Waals surface area contributed by atoms with Crippen molar-refractivity contribution in [1.29, 1.82) is 0 Å². The minimum absolute atomic E-state index is 0.0794. The molecule has 0 atom stereocenters. The zero-order valence-electron chi connectivity index (χ0n) is 19.0. The number of aromatic nitrogens is 4. The zero-order chi connectivity index (χ0) is 22.1. The molecule has 5 rings (SSSR count). The summed E-state index contributed by atoms with van der Waals surface area (Å²) in [7, 11) is 4.33. The van der Waals surface area contributed by atoms with Crippen LogP contribution < -0.4 is 10.9 Å². The monoisotopic (exact) mass is 452 g/mol. The summed E-state index contributed by atoms with van der Waals surface area (Å²) in [5, 5.41) is 7.41. The first-order chi connectivity index (χ1) is 15.6. The molecule has 8 heteroatoms. The van der Waals surface area contributed by atoms with E-state index in [0.717, 1.165) is 47.3 Å². The van der Waals surface area contributed by atoms with Crippen molar-refractivity contribution in [1.82, 2.24) is 24.4 Å². The van der Waals surface area contributed by atoms with E-state index in [9.17, 15) is 4.79 Å². The standard InChI is InChI=1S/C24H32N6OS/c1-29(2)19-9-7-18(8-10-19)27-24-26-15-17-13-16(14-21-25-11-12-32-21)23(31)30(22(17)28-24)20-5-3-4-6-20/h11-13,15,18-20H,3-10,14H2,1-2H3,(H,26,27,28). The van der Waals surface area contributed by atoms with Gasteiger partial charge in [0, 0.05) is 53.3 Å². The Balaban J connectivity index is 1.46. The van der Waals surface area contributed by atoms with Crippen LogP contribution in [-0.2, 0) is 6.42 Å². The lowest BCUT2D eigenvalue weighted by molar-refractivity contribution is 0.221. The van der Waals surface area contributed by atoms with Gasteiger partial charge in [-0.25, -0.2) is 9.97 Å². The summed E-state index contributed by atoms with van der Waals surface area (Å²) in [6.45, 7) is 0. The maximum atomic E-state index is 13.6. The Morgan fingerprint density at radius 1 is 1.12 bits per heavy atom. The molecule has 170 valence electrons. The van der Waals surface area contributed by atoms with Crippen molar-refractivity contribution < 1.29 is 0 Å². The molecule has 3 aromatic heterocycles. The smallest absolute Gasteiger partial charge is 0.256 e. The molecule has 7 nitrogen and oxygen atoms in total. The minimum Gasteiger partial charge on any atom is -0.351 e. The summed E-state index contributed by atoms with van der Waals surface area (Å²) in [6.07, 6.45) is 13.3. The van der Waals surface area contributed by atoms with Crippen molar-refractivity contribution in [3.63, 3.8) is 0 Å². The highest BCUT2D eigenvalue weighted by Crippen LogP contribution is 2.31. The van der Waals surface area contributed by atoms with E-state index in [1.54, 1.807) is 17.5 Å². The van der Waals surface area contributed by atoms with Crippen molar-refractivity contribution in [2.75, 3.05) is 19.4 Å². The third-order valence-electron chi connectivity index (χ3n) is 7.12. The van der Waals surface area contributed by atoms with Gasteiger partial charge >= 0.3 is 0 Å². The number of fused-ring (bicyclic) bond motifs is 1. The Hall–Kier alpha value is -2.32. The molecule has 0 unspecified atom stereocenters. The molecule has 0 aliphatic heterocycles. The predicted molar refractivity (Wildman–Crippen MR) is 130 cm³/mol. The SMILES string of the molecule is CN(C)C1CCC(Nc2ncc3cc(Cc4nccs4)c(=O)n(C4CCCC4)c3n2)CC1. The van der Waals surface area contributed by atoms with Gasteiger partial charge in [0.15, 0.2) is 0 Å². The molecule has 3 heterocycles. The Bertz CT molecular complexity index is 1110. The Morgan fingerprint density at radius 3 is 2.59 bits per heavy atom. The molecule has 3 aromatic rings. The number of nitrogens with one attached hydrogen (secondary N) is 1. The van der Waals surface area contributed by atoms with Crippen molar-refractivity contribution in [2.45, 2.75) is 75.9 Å². The molecule has 0 bridgehead atoms. The van der Waals surface area contributed by atoms with E-state index < -0.39 is 0 Å². The first-order valence-corrected chi connectivity index (χ1v) is 12.7. The van der Waals surface area contributed by atoms with Crippen molar-refractivity contribution in [3.8, 4) is 0 Å². The Labute approximate surface area is 192 Å². The third kappa shape index (κ3) is 4.43. The third-order valence-corrected chi connectivity index (χ3v) is 7.90. The van der Waals surface area contributed by atoms with Gasteiger partial charge in [-0.15, -0.1) is 11.3 Å². The number of hydrogen-bond donors (Lipinski definition) is 1. The van der Waals surface area contributed by atoms with Crippen LogP contribution in [0.4, 0.5) is 5.95 Å². The molecule has 2 aliphatic rings. The molecule has 0 saturated heterocycles. The van der Waals surface area contributed by atoms with Gasteiger partial charge in [-0.05, 0) is 58.7 Å². The molecular formula is C24H32N6OS. The van der Waals surface area contributed by atoms with Gasteiger partial charge in [0.05, 0.1) is 5.01 Å². The summed E-state index contributed by atoms with van der Waals surface area (Å²) in [5.74, 6) is 0.643. The van der Waals surface area contributed by atoms with E-state index in [2.05, 4.69) is 34.3 Å². The maximum Gasteiger partial charge on any atom is 0.256 e. The van der Waals surface area contributed by atoms with Crippen molar-refractivity contribution in [2.24, 2.45) is 0 Å². The molecule has 0 radical (unpaired) electrons. The van der Waals surface area contributed by atoms with Crippen LogP contribution >= 0.6 is 11.3 Å². The van der Waals surface area contributed by atoms with Crippen LogP contribution in [0.2, 0.25) is 0 Å². The normalized spacial score (nSPS) is 22.1. The zero-order valence-corrected chi connectivity index (χ0v) is 19.8. The molecule has 0 aromatic carbocycles. The second kappa shape index (κ2) is 9.27. The number of rotatable bonds is 6. The van der Waals surface area contributed by atoms with E-state index in [4.69, 9.17) is 4.98 Å². The van der Waals surface area contributed by atoms with Crippen LogP contribution in [0, 0.1) is 0 Å². The van der Waals surface area contributed by atoms with Gasteiger partial charge in [-0.2, -0.15) is 4.98 Å². The summed E-state index contributed by atoms with van der Waals surface area (Å²) in [5.41, 5.74) is 1.63. The molecule has 0 spiro atoms. The highest BCUT2D eigenvalue weighted by molar-refractivity contribution is 7.09. The summed E-state index contributed by atoms with van der Waals surface area (Å²) in [4.78, 5) is 29.8. The van der Waals surface area contributed by atoms with E-state index in [0.29, 0.717) is 24.5 Å². The lowest BCUT2D eigenvalue weighted by Gasteiger charge is -2.33. The average Bonchev–Trinajstić information content (AvgIpc) is 3.49. The Kier molecular flexibility index (Phi) is 6.24. The molecule has 2 saturated carbocycles. The van der Waals surface area contributed by atoms with Crippen LogP contribution in [-0.4, -0.2) is 50.6 Å². The molecule has 2 fully saturated rings. The number of pyridine rings is 1.